The van der Waals surface area contributed by atoms with E-state index in [0.717, 1.165) is 11.1 Å². The first-order chi connectivity index (χ1) is 14.4. The van der Waals surface area contributed by atoms with Crippen LogP contribution < -0.4 is 15.4 Å². The minimum Gasteiger partial charge on any atom is -0.483 e. The number of nitrogens with zero attached hydrogens (tertiary/aromatic N) is 2. The van der Waals surface area contributed by atoms with Gasteiger partial charge in [0.15, 0.2) is 6.61 Å². The van der Waals surface area contributed by atoms with E-state index in [1.807, 2.05) is 32.0 Å². The quantitative estimate of drug-likeness (QED) is 0.534. The molecule has 3 aromatic rings. The summed E-state index contributed by atoms with van der Waals surface area (Å²) in [5, 5.41) is 9.65. The van der Waals surface area contributed by atoms with Crippen molar-refractivity contribution in [3.63, 3.8) is 0 Å². The lowest BCUT2D eigenvalue weighted by Gasteiger charge is -2.11. The summed E-state index contributed by atoms with van der Waals surface area (Å²) in [7, 11) is 0. The van der Waals surface area contributed by atoms with Gasteiger partial charge in [0.25, 0.3) is 5.91 Å². The van der Waals surface area contributed by atoms with Crippen molar-refractivity contribution in [3.8, 4) is 17.1 Å². The molecule has 0 saturated heterocycles. The fourth-order valence-electron chi connectivity index (χ4n) is 2.56. The van der Waals surface area contributed by atoms with Crippen LogP contribution in [-0.4, -0.2) is 41.7 Å². The zero-order valence-electron chi connectivity index (χ0n) is 16.6. The molecule has 1 heterocycles. The van der Waals surface area contributed by atoms with E-state index in [1.54, 1.807) is 24.3 Å². The molecule has 0 spiro atoms. The first-order valence-corrected chi connectivity index (χ1v) is 9.65. The molecule has 2 aromatic carbocycles. The number of amides is 2. The summed E-state index contributed by atoms with van der Waals surface area (Å²) in [6.45, 7) is 4.25. The van der Waals surface area contributed by atoms with E-state index >= 15 is 0 Å². The lowest BCUT2D eigenvalue weighted by Crippen LogP contribution is -2.36. The third-order valence-electron chi connectivity index (χ3n) is 4.37. The molecule has 3 rings (SSSR count). The van der Waals surface area contributed by atoms with Gasteiger partial charge in [-0.3, -0.25) is 9.59 Å². The number of nitrogens with one attached hydrogen (secondary N) is 2. The summed E-state index contributed by atoms with van der Waals surface area (Å²) < 4.78 is 10.5. The predicted molar refractivity (Wildman–Crippen MR) is 111 cm³/mol. The Morgan fingerprint density at radius 1 is 1.07 bits per heavy atom. The average molecular weight is 429 g/mol. The molecule has 0 unspecified atom stereocenters. The smallest absolute Gasteiger partial charge is 0.316 e. The van der Waals surface area contributed by atoms with Crippen molar-refractivity contribution >= 4 is 23.4 Å². The van der Waals surface area contributed by atoms with Crippen molar-refractivity contribution in [1.29, 1.82) is 0 Å². The number of aromatic nitrogens is 2. The lowest BCUT2D eigenvalue weighted by molar-refractivity contribution is -0.123. The van der Waals surface area contributed by atoms with Gasteiger partial charge in [0.05, 0.1) is 0 Å². The number of benzene rings is 2. The van der Waals surface area contributed by atoms with Gasteiger partial charge < -0.3 is 19.9 Å². The van der Waals surface area contributed by atoms with Crippen molar-refractivity contribution in [1.82, 2.24) is 20.8 Å². The SMILES string of the molecule is Cc1cccc(OCC(=O)NCCNC(=O)c2nc(-c3ccc(Cl)cc3)no2)c1C. The maximum atomic E-state index is 12.1. The average Bonchev–Trinajstić information content (AvgIpc) is 3.23. The van der Waals surface area contributed by atoms with Crippen LogP contribution in [0.5, 0.6) is 5.75 Å². The third-order valence-corrected chi connectivity index (χ3v) is 4.62. The summed E-state index contributed by atoms with van der Waals surface area (Å²) in [5.41, 5.74) is 2.77. The molecule has 9 heteroatoms. The minimum atomic E-state index is -0.524. The molecule has 1 aromatic heterocycles. The molecule has 0 atom stereocenters. The standard InChI is InChI=1S/C21H21ClN4O4/c1-13-4-3-5-17(14(13)2)29-12-18(27)23-10-11-24-20(28)21-25-19(26-30-21)15-6-8-16(22)9-7-15/h3-9H,10-12H2,1-2H3,(H,23,27)(H,24,28). The van der Waals surface area contributed by atoms with Gasteiger partial charge in [-0.1, -0.05) is 28.9 Å². The van der Waals surface area contributed by atoms with E-state index in [2.05, 4.69) is 20.8 Å². The number of carbonyl (C=O) groups excluding carboxylic acids is 2. The largest absolute Gasteiger partial charge is 0.483 e. The Morgan fingerprint density at radius 3 is 2.57 bits per heavy atom. The molecular weight excluding hydrogens is 408 g/mol. The number of carbonyl (C=O) groups is 2. The number of ether oxygens (including phenoxy) is 1. The van der Waals surface area contributed by atoms with Gasteiger partial charge in [-0.15, -0.1) is 0 Å². The first kappa shape index (κ1) is 21.3. The van der Waals surface area contributed by atoms with Crippen molar-refractivity contribution in [2.45, 2.75) is 13.8 Å². The second-order valence-corrected chi connectivity index (χ2v) is 6.96. The van der Waals surface area contributed by atoms with E-state index in [9.17, 15) is 9.59 Å². The van der Waals surface area contributed by atoms with E-state index in [-0.39, 0.29) is 37.3 Å². The normalized spacial score (nSPS) is 10.5. The predicted octanol–water partition coefficient (Wildman–Crippen LogP) is 2.93. The summed E-state index contributed by atoms with van der Waals surface area (Å²) >= 11 is 5.85. The molecule has 156 valence electrons. The maximum Gasteiger partial charge on any atom is 0.316 e. The molecule has 0 saturated carbocycles. The second-order valence-electron chi connectivity index (χ2n) is 6.52. The molecule has 0 aliphatic carbocycles. The van der Waals surface area contributed by atoms with Gasteiger partial charge >= 0.3 is 11.8 Å². The number of rotatable bonds is 8. The van der Waals surface area contributed by atoms with Gasteiger partial charge in [-0.2, -0.15) is 4.98 Å². The van der Waals surface area contributed by atoms with Crippen LogP contribution in [-0.2, 0) is 4.79 Å². The highest BCUT2D eigenvalue weighted by Gasteiger charge is 2.15. The van der Waals surface area contributed by atoms with Crippen molar-refractivity contribution in [2.24, 2.45) is 0 Å². The Morgan fingerprint density at radius 2 is 1.80 bits per heavy atom. The van der Waals surface area contributed by atoms with Gasteiger partial charge in [0.1, 0.15) is 5.75 Å². The van der Waals surface area contributed by atoms with Gasteiger partial charge in [0, 0.05) is 23.7 Å². The molecule has 0 aliphatic rings. The number of hydrogen-bond acceptors (Lipinski definition) is 6. The van der Waals surface area contributed by atoms with Crippen LogP contribution in [0, 0.1) is 13.8 Å². The van der Waals surface area contributed by atoms with Crippen molar-refractivity contribution in [2.75, 3.05) is 19.7 Å². The Hall–Kier alpha value is -3.39. The van der Waals surface area contributed by atoms with Crippen LogP contribution in [0.25, 0.3) is 11.4 Å². The van der Waals surface area contributed by atoms with Gasteiger partial charge in [0.2, 0.25) is 5.82 Å². The van der Waals surface area contributed by atoms with E-state index in [0.29, 0.717) is 16.3 Å². The van der Waals surface area contributed by atoms with E-state index < -0.39 is 5.91 Å². The number of hydrogen-bond donors (Lipinski definition) is 2. The fourth-order valence-corrected chi connectivity index (χ4v) is 2.69. The molecule has 0 radical (unpaired) electrons. The van der Waals surface area contributed by atoms with Crippen LogP contribution in [0.1, 0.15) is 21.8 Å². The maximum absolute atomic E-state index is 12.1. The van der Waals surface area contributed by atoms with Crippen molar-refractivity contribution < 1.29 is 18.8 Å². The molecule has 2 amide bonds. The minimum absolute atomic E-state index is 0.105. The molecule has 2 N–H and O–H groups in total. The second kappa shape index (κ2) is 9.89. The fraction of sp³-hybridized carbons (Fsp3) is 0.238. The Bertz CT molecular complexity index is 1030. The molecule has 8 nitrogen and oxygen atoms in total. The molecule has 0 aliphatic heterocycles. The van der Waals surface area contributed by atoms with Crippen molar-refractivity contribution in [3.05, 3.63) is 64.5 Å². The highest BCUT2D eigenvalue weighted by Crippen LogP contribution is 2.20. The lowest BCUT2D eigenvalue weighted by atomic mass is 10.1. The van der Waals surface area contributed by atoms with Crippen LogP contribution in [0.4, 0.5) is 0 Å². The zero-order valence-corrected chi connectivity index (χ0v) is 17.3. The summed E-state index contributed by atoms with van der Waals surface area (Å²) in [4.78, 5) is 28.1. The Labute approximate surface area is 178 Å². The number of halogens is 1. The summed E-state index contributed by atoms with van der Waals surface area (Å²) in [6.07, 6.45) is 0. The molecule has 30 heavy (non-hydrogen) atoms. The van der Waals surface area contributed by atoms with Crippen LogP contribution in [0.3, 0.4) is 0 Å². The zero-order chi connectivity index (χ0) is 21.5. The van der Waals surface area contributed by atoms with E-state index in [1.165, 1.54) is 0 Å². The van der Waals surface area contributed by atoms with Crippen LogP contribution in [0.2, 0.25) is 5.02 Å². The highest BCUT2D eigenvalue weighted by atomic mass is 35.5. The first-order valence-electron chi connectivity index (χ1n) is 9.27. The summed E-state index contributed by atoms with van der Waals surface area (Å²) in [6, 6.07) is 12.5. The third kappa shape index (κ3) is 5.57. The topological polar surface area (TPSA) is 106 Å². The Balaban J connectivity index is 1.40. The number of aryl methyl sites for hydroxylation is 1. The van der Waals surface area contributed by atoms with Crippen LogP contribution >= 0.6 is 11.6 Å². The van der Waals surface area contributed by atoms with Gasteiger partial charge in [-0.25, -0.2) is 0 Å². The van der Waals surface area contributed by atoms with Gasteiger partial charge in [-0.05, 0) is 55.3 Å². The summed E-state index contributed by atoms with van der Waals surface area (Å²) in [5.74, 6) is -0.0128. The van der Waals surface area contributed by atoms with Crippen LogP contribution in [0.15, 0.2) is 47.0 Å². The monoisotopic (exact) mass is 428 g/mol. The molecular formula is C21H21ClN4O4. The van der Waals surface area contributed by atoms with E-state index in [4.69, 9.17) is 20.9 Å². The highest BCUT2D eigenvalue weighted by molar-refractivity contribution is 6.30. The molecule has 0 fully saturated rings. The molecule has 0 bridgehead atoms. The Kier molecular flexibility index (Phi) is 7.03.